The standard InChI is InChI=1S/C8H15F3N2/c9-8(10,11)6-12-5-7-3-1-2-4-13-7/h7,12-13H,1-6H2. The first kappa shape index (κ1) is 10.8. The molecule has 0 aromatic heterocycles. The van der Waals surface area contributed by atoms with Crippen molar-refractivity contribution in [3.63, 3.8) is 0 Å². The zero-order valence-corrected chi connectivity index (χ0v) is 7.45. The summed E-state index contributed by atoms with van der Waals surface area (Å²) in [5.74, 6) is 0. The number of hydrogen-bond acceptors (Lipinski definition) is 2. The molecule has 1 unspecified atom stereocenters. The molecule has 78 valence electrons. The highest BCUT2D eigenvalue weighted by Crippen LogP contribution is 2.12. The van der Waals surface area contributed by atoms with Gasteiger partial charge in [0, 0.05) is 12.6 Å². The molecule has 0 saturated carbocycles. The molecule has 13 heavy (non-hydrogen) atoms. The van der Waals surface area contributed by atoms with Gasteiger partial charge < -0.3 is 10.6 Å². The van der Waals surface area contributed by atoms with Crippen LogP contribution in [0.1, 0.15) is 19.3 Å². The molecule has 0 amide bonds. The lowest BCUT2D eigenvalue weighted by atomic mass is 10.1. The van der Waals surface area contributed by atoms with Crippen molar-refractivity contribution in [1.82, 2.24) is 10.6 Å². The van der Waals surface area contributed by atoms with E-state index in [-0.39, 0.29) is 6.04 Å². The van der Waals surface area contributed by atoms with Gasteiger partial charge in [-0.2, -0.15) is 13.2 Å². The van der Waals surface area contributed by atoms with Crippen molar-refractivity contribution in [1.29, 1.82) is 0 Å². The van der Waals surface area contributed by atoms with Crippen LogP contribution in [-0.4, -0.2) is 31.9 Å². The molecule has 0 aliphatic carbocycles. The Morgan fingerprint density at radius 1 is 1.31 bits per heavy atom. The third-order valence-electron chi connectivity index (χ3n) is 2.13. The van der Waals surface area contributed by atoms with Crippen molar-refractivity contribution >= 4 is 0 Å². The molecule has 0 radical (unpaired) electrons. The van der Waals surface area contributed by atoms with Crippen LogP contribution in [0.4, 0.5) is 13.2 Å². The van der Waals surface area contributed by atoms with Crippen LogP contribution in [-0.2, 0) is 0 Å². The lowest BCUT2D eigenvalue weighted by Gasteiger charge is -2.23. The molecule has 1 fully saturated rings. The molecule has 0 aromatic rings. The van der Waals surface area contributed by atoms with Crippen LogP contribution in [0.25, 0.3) is 0 Å². The Morgan fingerprint density at radius 2 is 2.08 bits per heavy atom. The van der Waals surface area contributed by atoms with E-state index in [2.05, 4.69) is 10.6 Å². The quantitative estimate of drug-likeness (QED) is 0.710. The average molecular weight is 196 g/mol. The Morgan fingerprint density at radius 3 is 2.62 bits per heavy atom. The van der Waals surface area contributed by atoms with Crippen LogP contribution in [0.5, 0.6) is 0 Å². The van der Waals surface area contributed by atoms with E-state index in [1.165, 1.54) is 0 Å². The SMILES string of the molecule is FC(F)(F)CNCC1CCCCN1. The van der Waals surface area contributed by atoms with Crippen LogP contribution in [0.3, 0.4) is 0 Å². The van der Waals surface area contributed by atoms with Gasteiger partial charge in [-0.15, -0.1) is 0 Å². The van der Waals surface area contributed by atoms with Crippen LogP contribution in [0.2, 0.25) is 0 Å². The van der Waals surface area contributed by atoms with E-state index in [0.717, 1.165) is 25.8 Å². The van der Waals surface area contributed by atoms with Gasteiger partial charge in [-0.05, 0) is 19.4 Å². The van der Waals surface area contributed by atoms with Gasteiger partial charge in [0.25, 0.3) is 0 Å². The van der Waals surface area contributed by atoms with E-state index >= 15 is 0 Å². The van der Waals surface area contributed by atoms with Crippen LogP contribution in [0, 0.1) is 0 Å². The number of alkyl halides is 3. The average Bonchev–Trinajstić information content (AvgIpc) is 2.04. The predicted molar refractivity (Wildman–Crippen MR) is 44.6 cm³/mol. The van der Waals surface area contributed by atoms with E-state index < -0.39 is 12.7 Å². The second-order valence-corrected chi connectivity index (χ2v) is 3.39. The summed E-state index contributed by atoms with van der Waals surface area (Å²) >= 11 is 0. The number of nitrogens with one attached hydrogen (secondary N) is 2. The molecule has 1 aliphatic heterocycles. The van der Waals surface area contributed by atoms with Gasteiger partial charge in [0.05, 0.1) is 6.54 Å². The second kappa shape index (κ2) is 4.81. The van der Waals surface area contributed by atoms with Gasteiger partial charge in [-0.25, -0.2) is 0 Å². The maximum Gasteiger partial charge on any atom is 0.401 e. The predicted octanol–water partition coefficient (Wildman–Crippen LogP) is 1.28. The monoisotopic (exact) mass is 196 g/mol. The largest absolute Gasteiger partial charge is 0.401 e. The highest BCUT2D eigenvalue weighted by Gasteiger charge is 2.26. The molecule has 2 nitrogen and oxygen atoms in total. The third kappa shape index (κ3) is 5.10. The Hall–Kier alpha value is -0.290. The first-order valence-electron chi connectivity index (χ1n) is 4.59. The fourth-order valence-corrected chi connectivity index (χ4v) is 1.49. The van der Waals surface area contributed by atoms with E-state index in [1.807, 2.05) is 0 Å². The number of piperidine rings is 1. The summed E-state index contributed by atoms with van der Waals surface area (Å²) < 4.78 is 35.2. The molecule has 2 N–H and O–H groups in total. The Bertz CT molecular complexity index is 141. The number of hydrogen-bond donors (Lipinski definition) is 2. The Balaban J connectivity index is 2.04. The Kier molecular flexibility index (Phi) is 3.99. The summed E-state index contributed by atoms with van der Waals surface area (Å²) in [6.45, 7) is 0.461. The van der Waals surface area contributed by atoms with Gasteiger partial charge in [-0.1, -0.05) is 6.42 Å². The number of halogens is 3. The third-order valence-corrected chi connectivity index (χ3v) is 2.13. The molecule has 1 heterocycles. The van der Waals surface area contributed by atoms with Crippen LogP contribution >= 0.6 is 0 Å². The van der Waals surface area contributed by atoms with Crippen molar-refractivity contribution in [2.24, 2.45) is 0 Å². The summed E-state index contributed by atoms with van der Waals surface area (Å²) in [5, 5.41) is 5.58. The van der Waals surface area contributed by atoms with Crippen molar-refractivity contribution in [2.75, 3.05) is 19.6 Å². The lowest BCUT2D eigenvalue weighted by Crippen LogP contribution is -2.43. The normalized spacial score (nSPS) is 24.7. The first-order valence-corrected chi connectivity index (χ1v) is 4.59. The molecule has 0 spiro atoms. The highest BCUT2D eigenvalue weighted by molar-refractivity contribution is 4.74. The zero-order valence-electron chi connectivity index (χ0n) is 7.45. The molecule has 5 heteroatoms. The second-order valence-electron chi connectivity index (χ2n) is 3.39. The Labute approximate surface area is 75.9 Å². The molecular weight excluding hydrogens is 181 g/mol. The summed E-state index contributed by atoms with van der Waals surface area (Å²) in [5.41, 5.74) is 0. The molecule has 0 aromatic carbocycles. The maximum atomic E-state index is 11.7. The number of rotatable bonds is 3. The minimum Gasteiger partial charge on any atom is -0.313 e. The topological polar surface area (TPSA) is 24.1 Å². The van der Waals surface area contributed by atoms with Crippen molar-refractivity contribution < 1.29 is 13.2 Å². The van der Waals surface area contributed by atoms with E-state index in [0.29, 0.717) is 6.54 Å². The minimum absolute atomic E-state index is 0.219. The van der Waals surface area contributed by atoms with Crippen molar-refractivity contribution in [2.45, 2.75) is 31.5 Å². The van der Waals surface area contributed by atoms with Crippen molar-refractivity contribution in [3.05, 3.63) is 0 Å². The minimum atomic E-state index is -4.09. The van der Waals surface area contributed by atoms with Crippen molar-refractivity contribution in [3.8, 4) is 0 Å². The molecule has 1 rings (SSSR count). The van der Waals surface area contributed by atoms with E-state index in [1.54, 1.807) is 0 Å². The lowest BCUT2D eigenvalue weighted by molar-refractivity contribution is -0.124. The van der Waals surface area contributed by atoms with Gasteiger partial charge in [0.2, 0.25) is 0 Å². The highest BCUT2D eigenvalue weighted by atomic mass is 19.4. The fourth-order valence-electron chi connectivity index (χ4n) is 1.49. The van der Waals surface area contributed by atoms with Gasteiger partial charge in [0.15, 0.2) is 0 Å². The first-order chi connectivity index (χ1) is 6.08. The van der Waals surface area contributed by atoms with Gasteiger partial charge in [-0.3, -0.25) is 0 Å². The maximum absolute atomic E-state index is 11.7. The molecule has 1 atom stereocenters. The van der Waals surface area contributed by atoms with Gasteiger partial charge in [0.1, 0.15) is 0 Å². The van der Waals surface area contributed by atoms with E-state index in [4.69, 9.17) is 0 Å². The molecular formula is C8H15F3N2. The van der Waals surface area contributed by atoms with Crippen LogP contribution in [0.15, 0.2) is 0 Å². The van der Waals surface area contributed by atoms with Gasteiger partial charge >= 0.3 is 6.18 Å². The summed E-state index contributed by atoms with van der Waals surface area (Å²) in [4.78, 5) is 0. The fraction of sp³-hybridized carbons (Fsp3) is 1.00. The summed E-state index contributed by atoms with van der Waals surface area (Å²) in [7, 11) is 0. The zero-order chi connectivity index (χ0) is 9.73. The molecule has 1 saturated heterocycles. The van der Waals surface area contributed by atoms with E-state index in [9.17, 15) is 13.2 Å². The summed E-state index contributed by atoms with van der Waals surface area (Å²) in [6.07, 6.45) is -0.860. The molecule has 0 bridgehead atoms. The smallest absolute Gasteiger partial charge is 0.313 e. The summed E-state index contributed by atoms with van der Waals surface area (Å²) in [6, 6.07) is 0.219. The molecule has 1 aliphatic rings. The van der Waals surface area contributed by atoms with Crippen LogP contribution < -0.4 is 10.6 Å².